The largest absolute Gasteiger partial charge is 0.496 e. The molecule has 0 saturated carbocycles. The van der Waals surface area contributed by atoms with E-state index in [0.29, 0.717) is 6.04 Å². The number of fused-ring (bicyclic) bond motifs is 2. The maximum Gasteiger partial charge on any atom is 0.206 e. The molecule has 0 amide bonds. The number of imidazole rings is 1. The fourth-order valence-electron chi connectivity index (χ4n) is 6.60. The van der Waals surface area contributed by atoms with Crippen LogP contribution in [-0.2, 0) is 11.8 Å². The summed E-state index contributed by atoms with van der Waals surface area (Å²) in [6, 6.07) is 6.63. The summed E-state index contributed by atoms with van der Waals surface area (Å²) in [4.78, 5) is 24.6. The molecule has 5 aromatic heterocycles. The van der Waals surface area contributed by atoms with Crippen molar-refractivity contribution in [1.29, 1.82) is 0 Å². The lowest BCUT2D eigenvalue weighted by atomic mass is 10.0. The average molecular weight is 582 g/mol. The zero-order valence-corrected chi connectivity index (χ0v) is 25.6. The normalized spacial score (nSPS) is 17.0. The van der Waals surface area contributed by atoms with E-state index in [0.717, 1.165) is 114 Å². The molecule has 0 aliphatic carbocycles. The van der Waals surface area contributed by atoms with Gasteiger partial charge in [-0.3, -0.25) is 14.9 Å². The number of hydrogen-bond donors (Lipinski definition) is 0. The van der Waals surface area contributed by atoms with Crippen molar-refractivity contribution in [3.05, 3.63) is 48.2 Å². The quantitative estimate of drug-likeness (QED) is 0.287. The summed E-state index contributed by atoms with van der Waals surface area (Å²) in [5.41, 5.74) is 6.43. The van der Waals surface area contributed by atoms with E-state index in [4.69, 9.17) is 29.5 Å². The van der Waals surface area contributed by atoms with E-state index in [1.54, 1.807) is 19.5 Å². The molecule has 7 heterocycles. The van der Waals surface area contributed by atoms with Crippen molar-refractivity contribution in [3.63, 3.8) is 0 Å². The number of piperidine rings is 1. The van der Waals surface area contributed by atoms with Gasteiger partial charge in [0, 0.05) is 68.8 Å². The number of rotatable bonds is 6. The van der Waals surface area contributed by atoms with Crippen LogP contribution in [0.2, 0.25) is 0 Å². The summed E-state index contributed by atoms with van der Waals surface area (Å²) in [6.45, 7) is 12.1. The molecule has 0 radical (unpaired) electrons. The van der Waals surface area contributed by atoms with Crippen LogP contribution in [0.4, 0.5) is 5.95 Å². The summed E-state index contributed by atoms with van der Waals surface area (Å²) in [7, 11) is 3.78. The van der Waals surface area contributed by atoms with Crippen molar-refractivity contribution in [1.82, 2.24) is 39.2 Å². The average Bonchev–Trinajstić information content (AvgIpc) is 3.62. The number of morpholine rings is 1. The van der Waals surface area contributed by atoms with Crippen LogP contribution >= 0.6 is 0 Å². The number of methoxy groups -OCH3 is 1. The molecule has 0 atom stereocenters. The van der Waals surface area contributed by atoms with E-state index in [9.17, 15) is 0 Å². The van der Waals surface area contributed by atoms with Crippen molar-refractivity contribution in [2.75, 3.05) is 51.4 Å². The first-order chi connectivity index (χ1) is 20.9. The van der Waals surface area contributed by atoms with Gasteiger partial charge in [0.2, 0.25) is 5.95 Å². The molecule has 0 aromatic carbocycles. The van der Waals surface area contributed by atoms with Crippen molar-refractivity contribution >= 4 is 27.9 Å². The molecular weight excluding hydrogens is 542 g/mol. The highest BCUT2D eigenvalue weighted by Crippen LogP contribution is 2.34. The van der Waals surface area contributed by atoms with Gasteiger partial charge >= 0.3 is 0 Å². The van der Waals surface area contributed by atoms with Crippen molar-refractivity contribution < 1.29 is 9.47 Å². The molecule has 2 fully saturated rings. The first-order valence-corrected chi connectivity index (χ1v) is 15.2. The predicted molar refractivity (Wildman–Crippen MR) is 167 cm³/mol. The van der Waals surface area contributed by atoms with Crippen molar-refractivity contribution in [2.24, 2.45) is 7.05 Å². The topological polar surface area (TPSA) is 99.2 Å². The maximum absolute atomic E-state index is 5.60. The van der Waals surface area contributed by atoms with E-state index >= 15 is 0 Å². The molecule has 2 aliphatic rings. The fraction of sp³-hybridized carbons (Fsp3) is 0.469. The number of nitrogens with zero attached hydrogens (tertiary/aromatic N) is 9. The van der Waals surface area contributed by atoms with Crippen LogP contribution in [0.15, 0.2) is 36.8 Å². The Morgan fingerprint density at radius 2 is 1.77 bits per heavy atom. The van der Waals surface area contributed by atoms with E-state index in [2.05, 4.69) is 46.3 Å². The third-order valence-corrected chi connectivity index (χ3v) is 8.97. The Morgan fingerprint density at radius 3 is 2.51 bits per heavy atom. The monoisotopic (exact) mass is 581 g/mol. The number of hydrogen-bond acceptors (Lipinski definition) is 9. The van der Waals surface area contributed by atoms with Crippen molar-refractivity contribution in [3.8, 4) is 22.8 Å². The van der Waals surface area contributed by atoms with Gasteiger partial charge in [-0.2, -0.15) is 5.10 Å². The maximum atomic E-state index is 5.60. The van der Waals surface area contributed by atoms with Gasteiger partial charge < -0.3 is 18.9 Å². The molecule has 43 heavy (non-hydrogen) atoms. The summed E-state index contributed by atoms with van der Waals surface area (Å²) in [6.07, 6.45) is 7.66. The lowest BCUT2D eigenvalue weighted by Gasteiger charge is -2.40. The minimum atomic E-state index is 0.192. The number of anilines is 1. The summed E-state index contributed by atoms with van der Waals surface area (Å²) in [5, 5.41) is 5.78. The Bertz CT molecular complexity index is 1780. The molecular formula is C32H39N9O2. The molecule has 7 rings (SSSR count). The summed E-state index contributed by atoms with van der Waals surface area (Å²) >= 11 is 0. The molecule has 0 bridgehead atoms. The van der Waals surface area contributed by atoms with E-state index < -0.39 is 0 Å². The van der Waals surface area contributed by atoms with Gasteiger partial charge in [-0.05, 0) is 37.8 Å². The minimum absolute atomic E-state index is 0.192. The molecule has 0 spiro atoms. The highest BCUT2D eigenvalue weighted by Gasteiger charge is 2.29. The van der Waals surface area contributed by atoms with Gasteiger partial charge in [-0.15, -0.1) is 0 Å². The second-order valence-electron chi connectivity index (χ2n) is 11.9. The Hall–Kier alpha value is -4.09. The Kier molecular flexibility index (Phi) is 7.22. The zero-order chi connectivity index (χ0) is 29.7. The number of aryl methyl sites for hydroxylation is 2. The number of aromatic nitrogens is 7. The number of pyridine rings is 3. The molecule has 11 nitrogen and oxygen atoms in total. The standard InChI is InChI=1S/C32H39N9O2/c1-20(2)30-31-27(38(4)32(37-31)40-10-7-22(8-11-40)39-12-14-43-15-13-39)17-29(36-30)41-26-16-25(35-21(3)23(26)19-34-41)24-18-33-9-6-28(24)42-5/h6,9,16-20,22H,7-8,10-15H2,1-5H3. The van der Waals surface area contributed by atoms with Gasteiger partial charge in [-0.25, -0.2) is 14.6 Å². The third kappa shape index (κ3) is 4.90. The third-order valence-electron chi connectivity index (χ3n) is 8.97. The lowest BCUT2D eigenvalue weighted by molar-refractivity contribution is 0.0114. The van der Waals surface area contributed by atoms with E-state index in [1.165, 1.54) is 0 Å². The molecule has 2 aliphatic heterocycles. The van der Waals surface area contributed by atoms with Crippen LogP contribution < -0.4 is 9.64 Å². The molecule has 11 heteroatoms. The Morgan fingerprint density at radius 1 is 0.977 bits per heavy atom. The van der Waals surface area contributed by atoms with Gasteiger partial charge in [0.25, 0.3) is 0 Å². The van der Waals surface area contributed by atoms with Crippen LogP contribution in [0.1, 0.15) is 44.0 Å². The predicted octanol–water partition coefficient (Wildman–Crippen LogP) is 4.51. The number of ether oxygens (including phenoxy) is 2. The lowest BCUT2D eigenvalue weighted by Crippen LogP contribution is -2.49. The van der Waals surface area contributed by atoms with Crippen LogP contribution in [-0.4, -0.2) is 91.7 Å². The van der Waals surface area contributed by atoms with Gasteiger partial charge in [0.05, 0.1) is 54.5 Å². The molecule has 2 saturated heterocycles. The molecule has 0 unspecified atom stereocenters. The highest BCUT2D eigenvalue weighted by molar-refractivity contribution is 5.88. The first kappa shape index (κ1) is 27.7. The van der Waals surface area contributed by atoms with Gasteiger partial charge in [0.15, 0.2) is 5.82 Å². The highest BCUT2D eigenvalue weighted by atomic mass is 16.5. The van der Waals surface area contributed by atoms with Gasteiger partial charge in [0.1, 0.15) is 11.3 Å². The van der Waals surface area contributed by atoms with Gasteiger partial charge in [-0.1, -0.05) is 13.8 Å². The van der Waals surface area contributed by atoms with Crippen molar-refractivity contribution in [2.45, 2.75) is 45.6 Å². The van der Waals surface area contributed by atoms with Crippen LogP contribution in [0.25, 0.3) is 39.0 Å². The second-order valence-corrected chi connectivity index (χ2v) is 11.9. The van der Waals surface area contributed by atoms with Crippen LogP contribution in [0.5, 0.6) is 5.75 Å². The minimum Gasteiger partial charge on any atom is -0.496 e. The second kappa shape index (κ2) is 11.2. The molecule has 224 valence electrons. The molecule has 5 aromatic rings. The Labute approximate surface area is 251 Å². The van der Waals surface area contributed by atoms with Crippen LogP contribution in [0, 0.1) is 6.92 Å². The fourth-order valence-corrected chi connectivity index (χ4v) is 6.60. The van der Waals surface area contributed by atoms with Crippen LogP contribution in [0.3, 0.4) is 0 Å². The van der Waals surface area contributed by atoms with E-state index in [-0.39, 0.29) is 5.92 Å². The zero-order valence-electron chi connectivity index (χ0n) is 25.6. The molecule has 0 N–H and O–H groups in total. The summed E-state index contributed by atoms with van der Waals surface area (Å²) in [5.74, 6) is 2.69. The SMILES string of the molecule is COc1ccncc1-c1cc2c(cnn2-c2cc3c(nc(N4CCC(N5CCOCC5)CC4)n3C)c(C(C)C)n2)c(C)n1. The van der Waals surface area contributed by atoms with E-state index in [1.807, 2.05) is 29.9 Å². The summed E-state index contributed by atoms with van der Waals surface area (Å²) < 4.78 is 15.3. The Balaban J connectivity index is 1.27. The smallest absolute Gasteiger partial charge is 0.206 e. The first-order valence-electron chi connectivity index (χ1n) is 15.2.